The quantitative estimate of drug-likeness (QED) is 0.852. The fourth-order valence-corrected chi connectivity index (χ4v) is 3.17. The molecule has 0 heterocycles. The first-order valence-electron chi connectivity index (χ1n) is 7.22. The number of halogens is 1. The standard InChI is InChI=1S/C17H18ClNO4S/c1-23-15-8-5-13(11-16(15)24(2,21)22)17(20)19-10-9-12-3-6-14(18)7-4-12/h3-8,11H,9-10H2,1-2H3,(H,19,20). The molecule has 24 heavy (non-hydrogen) atoms. The number of hydrogen-bond donors (Lipinski definition) is 1. The van der Waals surface area contributed by atoms with E-state index in [2.05, 4.69) is 5.32 Å². The number of hydrogen-bond acceptors (Lipinski definition) is 4. The van der Waals surface area contributed by atoms with Gasteiger partial charge in [-0.25, -0.2) is 8.42 Å². The molecule has 1 N–H and O–H groups in total. The van der Waals surface area contributed by atoms with Gasteiger partial charge in [-0.05, 0) is 42.3 Å². The van der Waals surface area contributed by atoms with E-state index in [-0.39, 0.29) is 22.1 Å². The molecule has 0 aromatic heterocycles. The Morgan fingerprint density at radius 2 is 1.83 bits per heavy atom. The molecule has 0 radical (unpaired) electrons. The molecule has 0 fully saturated rings. The van der Waals surface area contributed by atoms with Crippen LogP contribution in [0.4, 0.5) is 0 Å². The van der Waals surface area contributed by atoms with Crippen LogP contribution in [0, 0.1) is 0 Å². The summed E-state index contributed by atoms with van der Waals surface area (Å²) in [6, 6.07) is 11.7. The van der Waals surface area contributed by atoms with Crippen LogP contribution < -0.4 is 10.1 Å². The van der Waals surface area contributed by atoms with Gasteiger partial charge in [0.15, 0.2) is 9.84 Å². The monoisotopic (exact) mass is 367 g/mol. The Hall–Kier alpha value is -2.05. The number of ether oxygens (including phenoxy) is 1. The third-order valence-corrected chi connectivity index (χ3v) is 4.81. The summed E-state index contributed by atoms with van der Waals surface area (Å²) in [6.07, 6.45) is 1.73. The maximum atomic E-state index is 12.2. The first kappa shape index (κ1) is 18.3. The van der Waals surface area contributed by atoms with Crippen LogP contribution >= 0.6 is 11.6 Å². The highest BCUT2D eigenvalue weighted by Gasteiger charge is 2.17. The van der Waals surface area contributed by atoms with Crippen LogP contribution in [-0.2, 0) is 16.3 Å². The zero-order valence-corrected chi connectivity index (χ0v) is 14.9. The third-order valence-electron chi connectivity index (χ3n) is 3.44. The number of rotatable bonds is 6. The van der Waals surface area contributed by atoms with E-state index in [0.717, 1.165) is 11.8 Å². The van der Waals surface area contributed by atoms with Gasteiger partial charge in [-0.1, -0.05) is 23.7 Å². The molecule has 0 atom stereocenters. The maximum Gasteiger partial charge on any atom is 0.251 e. The molecule has 128 valence electrons. The van der Waals surface area contributed by atoms with Crippen molar-refractivity contribution in [2.75, 3.05) is 19.9 Å². The lowest BCUT2D eigenvalue weighted by Crippen LogP contribution is -2.25. The van der Waals surface area contributed by atoms with Crippen molar-refractivity contribution in [2.24, 2.45) is 0 Å². The smallest absolute Gasteiger partial charge is 0.251 e. The van der Waals surface area contributed by atoms with Gasteiger partial charge in [0.1, 0.15) is 10.6 Å². The average Bonchev–Trinajstić information content (AvgIpc) is 2.55. The van der Waals surface area contributed by atoms with Gasteiger partial charge in [0.05, 0.1) is 7.11 Å². The van der Waals surface area contributed by atoms with Gasteiger partial charge in [0.25, 0.3) is 5.91 Å². The van der Waals surface area contributed by atoms with Gasteiger partial charge in [-0.2, -0.15) is 0 Å². The van der Waals surface area contributed by atoms with Crippen molar-refractivity contribution in [2.45, 2.75) is 11.3 Å². The Kier molecular flexibility index (Phi) is 5.85. The van der Waals surface area contributed by atoms with E-state index >= 15 is 0 Å². The molecule has 7 heteroatoms. The van der Waals surface area contributed by atoms with E-state index in [0.29, 0.717) is 18.0 Å². The summed E-state index contributed by atoms with van der Waals surface area (Å²) in [5.74, 6) is -0.119. The Balaban J connectivity index is 2.05. The molecular weight excluding hydrogens is 350 g/mol. The van der Waals surface area contributed by atoms with Crippen LogP contribution in [0.25, 0.3) is 0 Å². The Morgan fingerprint density at radius 1 is 1.17 bits per heavy atom. The van der Waals surface area contributed by atoms with Gasteiger partial charge in [-0.15, -0.1) is 0 Å². The second-order valence-electron chi connectivity index (χ2n) is 5.27. The highest BCUT2D eigenvalue weighted by atomic mass is 35.5. The molecular formula is C17H18ClNO4S. The fraction of sp³-hybridized carbons (Fsp3) is 0.235. The first-order chi connectivity index (χ1) is 11.3. The SMILES string of the molecule is COc1ccc(C(=O)NCCc2ccc(Cl)cc2)cc1S(C)(=O)=O. The zero-order chi connectivity index (χ0) is 17.7. The van der Waals surface area contributed by atoms with E-state index in [1.807, 2.05) is 12.1 Å². The molecule has 0 saturated carbocycles. The molecule has 0 spiro atoms. The number of carbonyl (C=O) groups is 1. The second-order valence-corrected chi connectivity index (χ2v) is 7.69. The normalized spacial score (nSPS) is 11.1. The predicted octanol–water partition coefficient (Wildman–Crippen LogP) is 2.72. The highest BCUT2D eigenvalue weighted by Crippen LogP contribution is 2.24. The lowest BCUT2D eigenvalue weighted by molar-refractivity contribution is 0.0954. The Labute approximate surface area is 146 Å². The summed E-state index contributed by atoms with van der Waals surface area (Å²) in [4.78, 5) is 12.2. The minimum atomic E-state index is -3.49. The van der Waals surface area contributed by atoms with Gasteiger partial charge < -0.3 is 10.1 Å². The largest absolute Gasteiger partial charge is 0.495 e. The van der Waals surface area contributed by atoms with E-state index in [1.165, 1.54) is 25.3 Å². The van der Waals surface area contributed by atoms with Crippen LogP contribution in [0.5, 0.6) is 5.75 Å². The van der Waals surface area contributed by atoms with E-state index < -0.39 is 9.84 Å². The Morgan fingerprint density at radius 3 is 2.42 bits per heavy atom. The molecule has 0 aliphatic carbocycles. The van der Waals surface area contributed by atoms with Crippen LogP contribution in [0.15, 0.2) is 47.4 Å². The van der Waals surface area contributed by atoms with E-state index in [9.17, 15) is 13.2 Å². The summed E-state index contributed by atoms with van der Waals surface area (Å²) in [7, 11) is -2.10. The number of carbonyl (C=O) groups excluding carboxylic acids is 1. The molecule has 0 aliphatic rings. The zero-order valence-electron chi connectivity index (χ0n) is 13.4. The minimum absolute atomic E-state index is 0.00430. The highest BCUT2D eigenvalue weighted by molar-refractivity contribution is 7.90. The first-order valence-corrected chi connectivity index (χ1v) is 9.49. The lowest BCUT2D eigenvalue weighted by atomic mass is 10.1. The van der Waals surface area contributed by atoms with Crippen LogP contribution in [-0.4, -0.2) is 34.2 Å². The second kappa shape index (κ2) is 7.68. The number of methoxy groups -OCH3 is 1. The summed E-state index contributed by atoms with van der Waals surface area (Å²) >= 11 is 5.82. The lowest BCUT2D eigenvalue weighted by Gasteiger charge is -2.10. The molecule has 0 saturated heterocycles. The summed E-state index contributed by atoms with van der Waals surface area (Å²) in [5, 5.41) is 3.43. The molecule has 1 amide bonds. The van der Waals surface area contributed by atoms with Crippen LogP contribution in [0.1, 0.15) is 15.9 Å². The fourth-order valence-electron chi connectivity index (χ4n) is 2.18. The topological polar surface area (TPSA) is 72.5 Å². The minimum Gasteiger partial charge on any atom is -0.495 e. The molecule has 2 aromatic carbocycles. The van der Waals surface area contributed by atoms with Crippen molar-refractivity contribution >= 4 is 27.3 Å². The van der Waals surface area contributed by atoms with Gasteiger partial charge >= 0.3 is 0 Å². The summed E-state index contributed by atoms with van der Waals surface area (Å²) < 4.78 is 28.6. The molecule has 0 unspecified atom stereocenters. The Bertz CT molecular complexity index is 832. The van der Waals surface area contributed by atoms with E-state index in [4.69, 9.17) is 16.3 Å². The van der Waals surface area contributed by atoms with Crippen molar-refractivity contribution in [1.82, 2.24) is 5.32 Å². The predicted molar refractivity (Wildman–Crippen MR) is 93.6 cm³/mol. The van der Waals surface area contributed by atoms with Crippen molar-refractivity contribution < 1.29 is 17.9 Å². The third kappa shape index (κ3) is 4.72. The number of benzene rings is 2. The summed E-state index contributed by atoms with van der Waals surface area (Å²) in [6.45, 7) is 0.431. The molecule has 0 bridgehead atoms. The van der Waals surface area contributed by atoms with Gasteiger partial charge in [0.2, 0.25) is 0 Å². The van der Waals surface area contributed by atoms with Crippen molar-refractivity contribution in [3.63, 3.8) is 0 Å². The number of sulfone groups is 1. The number of amides is 1. The van der Waals surface area contributed by atoms with E-state index in [1.54, 1.807) is 12.1 Å². The van der Waals surface area contributed by atoms with Gasteiger partial charge in [-0.3, -0.25) is 4.79 Å². The maximum absolute atomic E-state index is 12.2. The summed E-state index contributed by atoms with van der Waals surface area (Å²) in [5.41, 5.74) is 1.32. The molecule has 2 rings (SSSR count). The molecule has 2 aromatic rings. The van der Waals surface area contributed by atoms with Crippen LogP contribution in [0.2, 0.25) is 5.02 Å². The average molecular weight is 368 g/mol. The van der Waals surface area contributed by atoms with Crippen LogP contribution in [0.3, 0.4) is 0 Å². The van der Waals surface area contributed by atoms with Gasteiger partial charge in [0, 0.05) is 23.4 Å². The van der Waals surface area contributed by atoms with Crippen molar-refractivity contribution in [3.05, 3.63) is 58.6 Å². The van der Waals surface area contributed by atoms with Crippen molar-refractivity contribution in [1.29, 1.82) is 0 Å². The van der Waals surface area contributed by atoms with Crippen molar-refractivity contribution in [3.8, 4) is 5.75 Å². The number of nitrogens with one attached hydrogen (secondary N) is 1. The molecule has 5 nitrogen and oxygen atoms in total. The molecule has 0 aliphatic heterocycles.